The fourth-order valence-corrected chi connectivity index (χ4v) is 18.0. The van der Waals surface area contributed by atoms with E-state index in [0.29, 0.717) is 163 Å². The first-order valence-corrected chi connectivity index (χ1v) is 47.9. The van der Waals surface area contributed by atoms with E-state index in [-0.39, 0.29) is 136 Å². The van der Waals surface area contributed by atoms with Crippen LogP contribution in [0, 0.1) is 47.3 Å². The summed E-state index contributed by atoms with van der Waals surface area (Å²) in [5.74, 6) is -11.3. The van der Waals surface area contributed by atoms with Crippen LogP contribution in [0.4, 0.5) is 5.69 Å². The summed E-state index contributed by atoms with van der Waals surface area (Å²) >= 11 is 1.30. The highest BCUT2D eigenvalue weighted by molar-refractivity contribution is 8.00. The zero-order valence-electron chi connectivity index (χ0n) is 80.5. The van der Waals surface area contributed by atoms with Gasteiger partial charge in [0.05, 0.1) is 176 Å². The number of esters is 2. The van der Waals surface area contributed by atoms with Gasteiger partial charge in [0.1, 0.15) is 30.7 Å². The number of methoxy groups -OCH3 is 4. The van der Waals surface area contributed by atoms with Crippen LogP contribution in [0.1, 0.15) is 215 Å². The third-order valence-electron chi connectivity index (χ3n) is 25.2. The van der Waals surface area contributed by atoms with Crippen molar-refractivity contribution in [2.75, 3.05) is 131 Å². The number of allylic oxidation sites excluding steroid dienone is 6. The van der Waals surface area contributed by atoms with Gasteiger partial charge in [-0.1, -0.05) is 96.0 Å². The Morgan fingerprint density at radius 2 is 1.20 bits per heavy atom. The maximum atomic E-state index is 14.9. The number of aliphatic hydroxyl groups is 2. The number of carbonyl (C=O) groups excluding carboxylic acids is 8. The molecule has 0 spiro atoms. The average Bonchev–Trinajstić information content (AvgIpc) is 0.735. The SMILES string of the molecule is COCC(C)OCC(C)OCC(C)OCC(C)OCC(C)OCC(C)OCC(C)OCCOCC(C)OCC(C)N1C(=O)c2cccc3c(NCSCC(=O)OCCO[C@@H]4CC[C@@H](C[C@H](C)C5CC(=O)[C@H](C)/C=C(\C)[C@@H](O)[C@@H](OC)C(=O)C(C)C[C@H](C)/C=C/C=C/C=C(\C)[C@@H](OC)C[C@@H]6CC[C@@H](C)[C@@](O)(O6)C(=O)C(=O)C6CCCCC6C(=O)O5)C[C@H]4OC)ccc(c23)C1=O. The predicted molar refractivity (Wildman–Crippen MR) is 492 cm³/mol. The second-order valence-electron chi connectivity index (χ2n) is 36.6. The lowest BCUT2D eigenvalue weighted by Gasteiger charge is -2.42. The van der Waals surface area contributed by atoms with E-state index < -0.39 is 113 Å². The van der Waals surface area contributed by atoms with Crippen LogP contribution in [0.2, 0.25) is 0 Å². The summed E-state index contributed by atoms with van der Waals surface area (Å²) in [6.45, 7) is 34.2. The Hall–Kier alpha value is -6.11. The number of ketones is 4. The van der Waals surface area contributed by atoms with Crippen LogP contribution < -0.4 is 5.32 Å². The molecule has 25 atom stereocenters. The number of thioether (sulfide) groups is 1. The summed E-state index contributed by atoms with van der Waals surface area (Å²) in [6.07, 6.45) is 10.1. The summed E-state index contributed by atoms with van der Waals surface area (Å²) in [7, 11) is 6.21. The smallest absolute Gasteiger partial charge is 0.316 e. The third kappa shape index (κ3) is 34.6. The number of ether oxygens (including phenoxy) is 17. The van der Waals surface area contributed by atoms with E-state index in [2.05, 4.69) is 5.32 Å². The molecule has 0 radical (unpaired) electrons. The Morgan fingerprint density at radius 1 is 0.605 bits per heavy atom. The number of carbonyl (C=O) groups is 8. The number of nitrogens with zero attached hydrogens (tertiary/aromatic N) is 1. The topological polar surface area (TPSA) is 349 Å². The van der Waals surface area contributed by atoms with Gasteiger partial charge in [0.25, 0.3) is 17.6 Å². The number of anilines is 1. The van der Waals surface area contributed by atoms with Crippen molar-refractivity contribution >= 4 is 75.1 Å². The normalized spacial score (nSPS) is 29.6. The van der Waals surface area contributed by atoms with Gasteiger partial charge in [-0.15, -0.1) is 11.8 Å². The van der Waals surface area contributed by atoms with E-state index in [0.717, 1.165) is 5.57 Å². The summed E-state index contributed by atoms with van der Waals surface area (Å²) in [4.78, 5) is 115. The van der Waals surface area contributed by atoms with E-state index in [4.69, 9.17) is 80.5 Å². The molecular formula is C99H154N2O27S. The van der Waals surface area contributed by atoms with Crippen molar-refractivity contribution in [3.63, 3.8) is 0 Å². The lowest BCUT2D eigenvalue weighted by Crippen LogP contribution is -2.57. The lowest BCUT2D eigenvalue weighted by molar-refractivity contribution is -0.265. The van der Waals surface area contributed by atoms with Gasteiger partial charge in [0.15, 0.2) is 5.78 Å². The second-order valence-corrected chi connectivity index (χ2v) is 37.6. The fourth-order valence-electron chi connectivity index (χ4n) is 17.4. The van der Waals surface area contributed by atoms with E-state index in [1.165, 1.54) is 23.8 Å². The van der Waals surface area contributed by atoms with Crippen LogP contribution in [0.15, 0.2) is 77.9 Å². The fraction of sp³-hybridized carbons (Fsp3) is 0.737. The Morgan fingerprint density at radius 3 is 1.81 bits per heavy atom. The highest BCUT2D eigenvalue weighted by atomic mass is 32.2. The number of cyclic esters (lactones) is 1. The number of Topliss-reactive ketones (excluding diaryl/α,β-unsaturated/α-hetero) is 4. The first-order chi connectivity index (χ1) is 61.5. The van der Waals surface area contributed by atoms with Crippen LogP contribution in [-0.4, -0.2) is 291 Å². The molecule has 3 fully saturated rings. The molecule has 29 nitrogen and oxygen atoms in total. The molecular weight excluding hydrogens is 1680 g/mol. The van der Waals surface area contributed by atoms with Crippen molar-refractivity contribution in [2.45, 2.75) is 298 Å². The Bertz CT molecular complexity index is 3930. The van der Waals surface area contributed by atoms with Gasteiger partial charge in [0, 0.05) is 92.5 Å². The van der Waals surface area contributed by atoms with E-state index in [9.17, 15) is 48.6 Å². The summed E-state index contributed by atoms with van der Waals surface area (Å²) < 4.78 is 101. The molecule has 2 aliphatic carbocycles. The number of benzene rings is 2. The summed E-state index contributed by atoms with van der Waals surface area (Å²) in [5.41, 5.74) is 2.68. The van der Waals surface area contributed by atoms with Gasteiger partial charge in [-0.25, -0.2) is 0 Å². The maximum Gasteiger partial charge on any atom is 0.316 e. The third-order valence-corrected chi connectivity index (χ3v) is 26.0. The molecule has 30 heteroatoms. The lowest BCUT2D eigenvalue weighted by atomic mass is 9.73. The van der Waals surface area contributed by atoms with Gasteiger partial charge >= 0.3 is 11.9 Å². The molecule has 129 heavy (non-hydrogen) atoms. The van der Waals surface area contributed by atoms with Crippen molar-refractivity contribution in [1.82, 2.24) is 4.90 Å². The molecule has 728 valence electrons. The summed E-state index contributed by atoms with van der Waals surface area (Å²) in [6, 6.07) is 8.25. The molecule has 2 aromatic carbocycles. The first kappa shape index (κ1) is 110. The molecule has 2 aromatic rings. The quantitative estimate of drug-likeness (QED) is 0.0138. The minimum atomic E-state index is -2.45. The van der Waals surface area contributed by atoms with Gasteiger partial charge in [-0.05, 0) is 181 Å². The van der Waals surface area contributed by atoms with E-state index in [1.807, 2.05) is 120 Å². The molecule has 2 amide bonds. The average molecular weight is 1840 g/mol. The number of hydrogen-bond acceptors (Lipinski definition) is 29. The van der Waals surface area contributed by atoms with Crippen LogP contribution in [0.25, 0.3) is 10.8 Å². The van der Waals surface area contributed by atoms with Gasteiger partial charge < -0.3 is 96.1 Å². The molecule has 7 rings (SSSR count). The number of aliphatic hydroxyl groups excluding tert-OH is 1. The molecule has 3 heterocycles. The molecule has 3 N–H and O–H groups in total. The molecule has 5 aliphatic rings. The standard InChI is InChI=1S/C99H154N2O27S/c1-60-27-22-21-23-28-61(2)86(113-18)47-77-35-33-66(7)99(111,128-77)95(107)93(106)78-29-24-25-30-79(78)98(110)127-87(48-84(102)62(3)44-65(6)92(105)94(115-20)91(104)64(5)43-60)63(4)45-76-34-38-85(88(46-76)114-19)118-41-42-119-89(103)58-129-59-100-83-37-36-82-90-80(83)31-26-32-81(90)96(108)101(97(82)109)67(8)49-120-69(10)51-116-39-40-117-70(11)52-122-72(13)54-124-74(15)56-126-75(16)57-125-73(14)55-123-71(12)53-121-68(9)50-112-17/h21-23,26-28,31-32,36-37,44,60,62-64,66-79,85-88,92,94,100,105,111H,24-25,29-30,33-35,38-43,45-59H2,1-20H3/b23-21+,27-22+,61-28+,65-44+/t60-,62-,63+,64?,66-,67?,68?,69?,70?,71?,72?,73?,74?,75?,76+,77+,78?,79?,85-,86+,87?,88-,92-,94+,99-/m1/s1. The highest BCUT2D eigenvalue weighted by Gasteiger charge is 2.54. The first-order valence-electron chi connectivity index (χ1n) is 46.8. The zero-order chi connectivity index (χ0) is 94.6. The molecule has 0 aromatic heterocycles. The minimum absolute atomic E-state index is 0.00390. The Balaban J connectivity index is 0.832. The maximum absolute atomic E-state index is 14.9. The van der Waals surface area contributed by atoms with Crippen LogP contribution >= 0.6 is 11.8 Å². The van der Waals surface area contributed by atoms with Crippen molar-refractivity contribution < 1.29 is 129 Å². The van der Waals surface area contributed by atoms with Crippen molar-refractivity contribution in [2.24, 2.45) is 47.3 Å². The Kier molecular flexibility index (Phi) is 48.0. The second kappa shape index (κ2) is 56.3. The van der Waals surface area contributed by atoms with Crippen molar-refractivity contribution in [3.8, 4) is 0 Å². The number of amides is 2. The van der Waals surface area contributed by atoms with Gasteiger partial charge in [-0.3, -0.25) is 43.3 Å². The van der Waals surface area contributed by atoms with Crippen molar-refractivity contribution in [1.29, 1.82) is 0 Å². The predicted octanol–water partition coefficient (Wildman–Crippen LogP) is 13.6. The number of fused-ring (bicyclic) bond motifs is 3. The van der Waals surface area contributed by atoms with E-state index >= 15 is 0 Å². The Labute approximate surface area is 770 Å². The number of hydrogen-bond donors (Lipinski definition) is 3. The molecule has 2 saturated carbocycles. The number of rotatable bonds is 45. The van der Waals surface area contributed by atoms with Crippen LogP contribution in [0.5, 0.6) is 0 Å². The highest BCUT2D eigenvalue weighted by Crippen LogP contribution is 2.42. The molecule has 1 saturated heterocycles. The molecule has 3 aliphatic heterocycles. The number of imide groups is 1. The monoisotopic (exact) mass is 1840 g/mol. The molecule has 2 bridgehead atoms. The number of nitrogens with one attached hydrogen (secondary N) is 1. The minimum Gasteiger partial charge on any atom is -0.463 e. The van der Waals surface area contributed by atoms with Gasteiger partial charge in [0.2, 0.25) is 11.6 Å². The zero-order valence-corrected chi connectivity index (χ0v) is 81.3. The van der Waals surface area contributed by atoms with E-state index in [1.54, 1.807) is 79.4 Å². The largest absolute Gasteiger partial charge is 0.463 e. The summed E-state index contributed by atoms with van der Waals surface area (Å²) in [5, 5.41) is 28.5. The van der Waals surface area contributed by atoms with Crippen molar-refractivity contribution in [3.05, 3.63) is 89.1 Å². The van der Waals surface area contributed by atoms with Crippen LogP contribution in [0.3, 0.4) is 0 Å². The van der Waals surface area contributed by atoms with Gasteiger partial charge in [-0.2, -0.15) is 0 Å². The molecule has 13 unspecified atom stereocenters. The van der Waals surface area contributed by atoms with Crippen LogP contribution in [-0.2, 0) is 109 Å².